The fraction of sp³-hybridized carbons (Fsp3) is 0.871. The Morgan fingerprint density at radius 2 is 1.37 bits per heavy atom. The van der Waals surface area contributed by atoms with Crippen molar-refractivity contribution in [2.45, 2.75) is 131 Å². The van der Waals surface area contributed by atoms with Crippen LogP contribution in [0.25, 0.3) is 0 Å². The zero-order chi connectivity index (χ0) is 23.9. The van der Waals surface area contributed by atoms with Crippen LogP contribution in [0.15, 0.2) is 22.0 Å². The summed E-state index contributed by atoms with van der Waals surface area (Å²) in [5.74, 6) is 5.76. The Bertz CT molecular complexity index is 864. The molecule has 4 heteroatoms. The summed E-state index contributed by atoms with van der Waals surface area (Å²) in [6.07, 6.45) is 22.1. The summed E-state index contributed by atoms with van der Waals surface area (Å²) < 4.78 is 0. The molecule has 4 saturated carbocycles. The highest BCUT2D eigenvalue weighted by Gasteiger charge is 2.62. The van der Waals surface area contributed by atoms with Gasteiger partial charge in [0.1, 0.15) is 0 Å². The standard InChI is InChI=1S/C31H49NS2Si/c1-18-16-24-25-17-19(2)34-30(25)31(29(24)33-18)35(3,4)28-15-13-21-22(9-7-10-23(21)28)27-14-12-20-8-5-6-11-26(20)32-27/h16-17,20-32H,5-15H2,1-4H3. The van der Waals surface area contributed by atoms with Gasteiger partial charge in [0.25, 0.3) is 0 Å². The third kappa shape index (κ3) is 3.96. The summed E-state index contributed by atoms with van der Waals surface area (Å²) in [7, 11) is -1.41. The molecule has 0 radical (unpaired) electrons. The first-order chi connectivity index (χ1) is 16.9. The second kappa shape index (κ2) is 9.23. The maximum atomic E-state index is 4.31. The van der Waals surface area contributed by atoms with Gasteiger partial charge in [-0.25, -0.2) is 0 Å². The molecule has 1 nitrogen and oxygen atoms in total. The third-order valence-electron chi connectivity index (χ3n) is 12.4. The zero-order valence-corrected chi connectivity index (χ0v) is 25.3. The van der Waals surface area contributed by atoms with Crippen molar-refractivity contribution in [2.24, 2.45) is 35.5 Å². The quantitative estimate of drug-likeness (QED) is 0.368. The summed E-state index contributed by atoms with van der Waals surface area (Å²) in [6.45, 7) is 10.5. The molecule has 0 aromatic carbocycles. The Kier molecular flexibility index (Phi) is 6.43. The van der Waals surface area contributed by atoms with Crippen molar-refractivity contribution in [3.8, 4) is 0 Å². The van der Waals surface area contributed by atoms with E-state index in [9.17, 15) is 0 Å². The summed E-state index contributed by atoms with van der Waals surface area (Å²) in [5, 5.41) is 6.09. The molecule has 7 rings (SSSR count). The van der Waals surface area contributed by atoms with E-state index in [1.807, 2.05) is 0 Å². The molecule has 3 aliphatic heterocycles. The van der Waals surface area contributed by atoms with E-state index in [1.165, 1.54) is 51.4 Å². The molecule has 35 heavy (non-hydrogen) atoms. The average Bonchev–Trinajstić information content (AvgIpc) is 3.59. The largest absolute Gasteiger partial charge is 0.311 e. The van der Waals surface area contributed by atoms with Crippen LogP contribution in [0.1, 0.15) is 84.5 Å². The highest BCUT2D eigenvalue weighted by Crippen LogP contribution is 2.68. The van der Waals surface area contributed by atoms with E-state index in [0.717, 1.165) is 69.2 Å². The molecule has 4 aliphatic carbocycles. The van der Waals surface area contributed by atoms with E-state index in [0.29, 0.717) is 0 Å². The van der Waals surface area contributed by atoms with Crippen LogP contribution in [0.5, 0.6) is 0 Å². The smallest absolute Gasteiger partial charge is 0.0563 e. The Labute approximate surface area is 224 Å². The lowest BCUT2D eigenvalue weighted by atomic mass is 9.67. The third-order valence-corrected chi connectivity index (χ3v) is 20.8. The minimum absolute atomic E-state index is 0.831. The first kappa shape index (κ1) is 24.4. The van der Waals surface area contributed by atoms with Crippen LogP contribution in [-0.4, -0.2) is 30.7 Å². The summed E-state index contributed by atoms with van der Waals surface area (Å²) in [5.41, 5.74) is 2.07. The number of hydrogen-bond donors (Lipinski definition) is 1. The molecule has 11 unspecified atom stereocenters. The van der Waals surface area contributed by atoms with Gasteiger partial charge < -0.3 is 5.32 Å². The monoisotopic (exact) mass is 527 g/mol. The lowest BCUT2D eigenvalue weighted by Crippen LogP contribution is -2.54. The van der Waals surface area contributed by atoms with Crippen LogP contribution < -0.4 is 5.32 Å². The molecule has 0 aromatic heterocycles. The first-order valence-corrected chi connectivity index (χ1v) is 20.3. The van der Waals surface area contributed by atoms with E-state index in [2.05, 4.69) is 67.9 Å². The molecule has 5 fully saturated rings. The van der Waals surface area contributed by atoms with E-state index in [-0.39, 0.29) is 0 Å². The minimum atomic E-state index is -1.41. The molecular formula is C31H49NS2Si. The number of nitrogens with one attached hydrogen (secondary N) is 1. The van der Waals surface area contributed by atoms with Crippen molar-refractivity contribution < 1.29 is 0 Å². The maximum Gasteiger partial charge on any atom is 0.0563 e. The first-order valence-electron chi connectivity index (χ1n) is 15.4. The van der Waals surface area contributed by atoms with Gasteiger partial charge in [-0.3, -0.25) is 0 Å². The van der Waals surface area contributed by atoms with Crippen molar-refractivity contribution in [2.75, 3.05) is 0 Å². The molecule has 0 bridgehead atoms. The van der Waals surface area contributed by atoms with Crippen molar-refractivity contribution in [3.05, 3.63) is 22.0 Å². The predicted octanol–water partition coefficient (Wildman–Crippen LogP) is 8.86. The van der Waals surface area contributed by atoms with Gasteiger partial charge in [-0.05, 0) is 109 Å². The number of fused-ring (bicyclic) bond motifs is 5. The SMILES string of the molecule is CC1=CC2C3C=C(C)SC3C([Si](C)(C)C3CCC4C(C5CCC6CCCCC6N5)CCCC43)C2S1. The van der Waals surface area contributed by atoms with Crippen LogP contribution in [0.2, 0.25) is 24.2 Å². The lowest BCUT2D eigenvalue weighted by molar-refractivity contribution is 0.0821. The lowest BCUT2D eigenvalue weighted by Gasteiger charge is -2.49. The van der Waals surface area contributed by atoms with Gasteiger partial charge >= 0.3 is 0 Å². The van der Waals surface area contributed by atoms with Crippen molar-refractivity contribution >= 4 is 31.6 Å². The topological polar surface area (TPSA) is 12.0 Å². The molecule has 0 spiro atoms. The fourth-order valence-electron chi connectivity index (χ4n) is 11.1. The molecule has 0 amide bonds. The fourth-order valence-corrected chi connectivity index (χ4v) is 21.6. The van der Waals surface area contributed by atoms with Gasteiger partial charge in [0.05, 0.1) is 8.07 Å². The van der Waals surface area contributed by atoms with E-state index >= 15 is 0 Å². The van der Waals surface area contributed by atoms with Gasteiger partial charge in [-0.2, -0.15) is 0 Å². The molecule has 7 aliphatic rings. The summed E-state index contributed by atoms with van der Waals surface area (Å²) in [4.78, 5) is 3.25. The Morgan fingerprint density at radius 3 is 2.11 bits per heavy atom. The minimum Gasteiger partial charge on any atom is -0.311 e. The van der Waals surface area contributed by atoms with Crippen molar-refractivity contribution in [3.63, 3.8) is 0 Å². The molecule has 0 aromatic rings. The normalized spacial score (nSPS) is 51.3. The molecular weight excluding hydrogens is 479 g/mol. The van der Waals surface area contributed by atoms with Crippen molar-refractivity contribution in [1.82, 2.24) is 5.32 Å². The Balaban J connectivity index is 1.11. The second-order valence-electron chi connectivity index (χ2n) is 14.3. The Hall–Kier alpha value is 0.357. The molecule has 3 heterocycles. The Morgan fingerprint density at radius 1 is 0.686 bits per heavy atom. The van der Waals surface area contributed by atoms with Gasteiger partial charge in [-0.15, -0.1) is 23.5 Å². The van der Waals surface area contributed by atoms with E-state index in [1.54, 1.807) is 29.1 Å². The van der Waals surface area contributed by atoms with Crippen LogP contribution >= 0.6 is 23.5 Å². The molecule has 194 valence electrons. The van der Waals surface area contributed by atoms with Gasteiger partial charge in [0.15, 0.2) is 0 Å². The number of piperidine rings is 1. The number of thioether (sulfide) groups is 2. The molecule has 11 atom stereocenters. The van der Waals surface area contributed by atoms with Crippen LogP contribution in [0.4, 0.5) is 0 Å². The predicted molar refractivity (Wildman–Crippen MR) is 158 cm³/mol. The number of rotatable bonds is 3. The van der Waals surface area contributed by atoms with Crippen molar-refractivity contribution in [1.29, 1.82) is 0 Å². The van der Waals surface area contributed by atoms with E-state index in [4.69, 9.17) is 0 Å². The number of hydrogen-bond acceptors (Lipinski definition) is 3. The maximum absolute atomic E-state index is 4.31. The van der Waals surface area contributed by atoms with Gasteiger partial charge in [0, 0.05) is 22.6 Å². The average molecular weight is 528 g/mol. The van der Waals surface area contributed by atoms with Crippen LogP contribution in [-0.2, 0) is 0 Å². The molecule has 1 saturated heterocycles. The van der Waals surface area contributed by atoms with Crippen LogP contribution in [0.3, 0.4) is 0 Å². The number of allylic oxidation sites excluding steroid dienone is 4. The zero-order valence-electron chi connectivity index (χ0n) is 22.7. The molecule has 1 N–H and O–H groups in total. The summed E-state index contributed by atoms with van der Waals surface area (Å²) in [6, 6.07) is 1.71. The van der Waals surface area contributed by atoms with Gasteiger partial charge in [-0.1, -0.05) is 57.4 Å². The second-order valence-corrected chi connectivity index (χ2v) is 22.2. The van der Waals surface area contributed by atoms with Gasteiger partial charge in [0.2, 0.25) is 0 Å². The highest BCUT2D eigenvalue weighted by atomic mass is 32.2. The highest BCUT2D eigenvalue weighted by molar-refractivity contribution is 8.05. The van der Waals surface area contributed by atoms with E-state index < -0.39 is 8.07 Å². The summed E-state index contributed by atoms with van der Waals surface area (Å²) >= 11 is 4.59. The van der Waals surface area contributed by atoms with Crippen LogP contribution in [0, 0.1) is 35.5 Å².